The number of carbonyl (C=O) groups excluding carboxylic acids is 1. The van der Waals surface area contributed by atoms with Crippen molar-refractivity contribution in [3.8, 4) is 0 Å². The number of carboxylic acids is 1. The third-order valence-electron chi connectivity index (χ3n) is 2.94. The molecule has 0 saturated heterocycles. The predicted molar refractivity (Wildman–Crippen MR) is 76.2 cm³/mol. The van der Waals surface area contributed by atoms with Gasteiger partial charge in [-0.05, 0) is 24.7 Å². The van der Waals surface area contributed by atoms with Crippen molar-refractivity contribution in [2.24, 2.45) is 5.41 Å². The Bertz CT molecular complexity index is 294. The van der Waals surface area contributed by atoms with Crippen LogP contribution in [-0.2, 0) is 4.79 Å². The Balaban J connectivity index is 4.46. The fourth-order valence-corrected chi connectivity index (χ4v) is 2.03. The highest BCUT2D eigenvalue weighted by atomic mass is 16.4. The second-order valence-electron chi connectivity index (χ2n) is 6.19. The molecule has 19 heavy (non-hydrogen) atoms. The van der Waals surface area contributed by atoms with Crippen molar-refractivity contribution in [1.82, 2.24) is 10.6 Å². The molecule has 0 saturated carbocycles. The maximum Gasteiger partial charge on any atom is 0.315 e. The monoisotopic (exact) mass is 272 g/mol. The molecule has 3 N–H and O–H groups in total. The van der Waals surface area contributed by atoms with E-state index in [2.05, 4.69) is 10.6 Å². The standard InChI is InChI=1S/C14H28N2O3/c1-6-10(7-2)15-13(19)16-11(8-12(17)18)9-14(3,4)5/h10-11H,6-9H2,1-5H3,(H,17,18)(H2,15,16,19). The Morgan fingerprint density at radius 2 is 1.53 bits per heavy atom. The second-order valence-corrected chi connectivity index (χ2v) is 6.19. The average molecular weight is 272 g/mol. The lowest BCUT2D eigenvalue weighted by Gasteiger charge is -2.26. The number of amides is 2. The van der Waals surface area contributed by atoms with Gasteiger partial charge < -0.3 is 15.7 Å². The number of carboxylic acid groups (broad SMARTS) is 1. The van der Waals surface area contributed by atoms with Crippen LogP contribution in [0.15, 0.2) is 0 Å². The summed E-state index contributed by atoms with van der Waals surface area (Å²) in [6.45, 7) is 10.1. The summed E-state index contributed by atoms with van der Waals surface area (Å²) in [7, 11) is 0. The van der Waals surface area contributed by atoms with Crippen LogP contribution in [0, 0.1) is 5.41 Å². The van der Waals surface area contributed by atoms with E-state index in [4.69, 9.17) is 5.11 Å². The van der Waals surface area contributed by atoms with Crippen molar-refractivity contribution >= 4 is 12.0 Å². The Labute approximate surface area is 116 Å². The van der Waals surface area contributed by atoms with E-state index >= 15 is 0 Å². The second kappa shape index (κ2) is 8.02. The highest BCUT2D eigenvalue weighted by Gasteiger charge is 2.23. The lowest BCUT2D eigenvalue weighted by atomic mass is 9.87. The normalized spacial score (nSPS) is 13.2. The largest absolute Gasteiger partial charge is 0.481 e. The molecule has 0 aromatic heterocycles. The van der Waals surface area contributed by atoms with Gasteiger partial charge in [0.25, 0.3) is 0 Å². The van der Waals surface area contributed by atoms with E-state index < -0.39 is 5.97 Å². The van der Waals surface area contributed by atoms with E-state index in [1.807, 2.05) is 34.6 Å². The van der Waals surface area contributed by atoms with Crippen LogP contribution in [0.5, 0.6) is 0 Å². The summed E-state index contributed by atoms with van der Waals surface area (Å²) in [6, 6.07) is -0.476. The van der Waals surface area contributed by atoms with Gasteiger partial charge in [0.1, 0.15) is 0 Å². The average Bonchev–Trinajstić information content (AvgIpc) is 2.22. The summed E-state index contributed by atoms with van der Waals surface area (Å²) in [4.78, 5) is 22.7. The van der Waals surface area contributed by atoms with Gasteiger partial charge in [-0.25, -0.2) is 4.79 Å². The predicted octanol–water partition coefficient (Wildman–Crippen LogP) is 2.75. The molecule has 0 rings (SSSR count). The van der Waals surface area contributed by atoms with Gasteiger partial charge in [-0.3, -0.25) is 4.79 Å². The van der Waals surface area contributed by atoms with E-state index in [-0.39, 0.29) is 30.0 Å². The topological polar surface area (TPSA) is 78.4 Å². The quantitative estimate of drug-likeness (QED) is 0.667. The first-order valence-electron chi connectivity index (χ1n) is 6.96. The van der Waals surface area contributed by atoms with Gasteiger partial charge in [-0.2, -0.15) is 0 Å². The molecule has 0 aliphatic heterocycles. The first-order chi connectivity index (χ1) is 8.67. The fourth-order valence-electron chi connectivity index (χ4n) is 2.03. The molecular weight excluding hydrogens is 244 g/mol. The molecule has 0 aromatic carbocycles. The number of aliphatic carboxylic acids is 1. The molecule has 112 valence electrons. The first-order valence-corrected chi connectivity index (χ1v) is 6.96. The van der Waals surface area contributed by atoms with Crippen LogP contribution in [0.25, 0.3) is 0 Å². The number of hydrogen-bond acceptors (Lipinski definition) is 2. The molecule has 0 bridgehead atoms. The molecular formula is C14H28N2O3. The number of nitrogens with one attached hydrogen (secondary N) is 2. The number of carbonyl (C=O) groups is 2. The van der Waals surface area contributed by atoms with E-state index in [1.54, 1.807) is 0 Å². The smallest absolute Gasteiger partial charge is 0.315 e. The highest BCUT2D eigenvalue weighted by molar-refractivity contribution is 5.76. The Kier molecular flexibility index (Phi) is 7.49. The van der Waals surface area contributed by atoms with Gasteiger partial charge in [0.2, 0.25) is 0 Å². The minimum absolute atomic E-state index is 0.0255. The lowest BCUT2D eigenvalue weighted by Crippen LogP contribution is -2.47. The van der Waals surface area contributed by atoms with Crippen LogP contribution in [-0.4, -0.2) is 29.2 Å². The van der Waals surface area contributed by atoms with Gasteiger partial charge in [-0.1, -0.05) is 34.6 Å². The molecule has 5 heteroatoms. The van der Waals surface area contributed by atoms with Crippen molar-refractivity contribution in [3.63, 3.8) is 0 Å². The van der Waals surface area contributed by atoms with Crippen molar-refractivity contribution in [2.75, 3.05) is 0 Å². The maximum absolute atomic E-state index is 11.8. The van der Waals surface area contributed by atoms with Gasteiger partial charge in [0, 0.05) is 12.1 Å². The molecule has 0 fully saturated rings. The van der Waals surface area contributed by atoms with Gasteiger partial charge in [0.05, 0.1) is 6.42 Å². The third-order valence-corrected chi connectivity index (χ3v) is 2.94. The van der Waals surface area contributed by atoms with Crippen LogP contribution < -0.4 is 10.6 Å². The van der Waals surface area contributed by atoms with Crippen LogP contribution in [0.2, 0.25) is 0 Å². The highest BCUT2D eigenvalue weighted by Crippen LogP contribution is 2.22. The fraction of sp³-hybridized carbons (Fsp3) is 0.857. The van der Waals surface area contributed by atoms with Crippen LogP contribution in [0.4, 0.5) is 4.79 Å². The van der Waals surface area contributed by atoms with Gasteiger partial charge in [-0.15, -0.1) is 0 Å². The summed E-state index contributed by atoms with van der Waals surface area (Å²) in [6.07, 6.45) is 2.32. The van der Waals surface area contributed by atoms with E-state index in [1.165, 1.54) is 0 Å². The minimum Gasteiger partial charge on any atom is -0.481 e. The zero-order chi connectivity index (χ0) is 15.1. The zero-order valence-corrected chi connectivity index (χ0v) is 12.7. The van der Waals surface area contributed by atoms with Crippen LogP contribution >= 0.6 is 0 Å². The van der Waals surface area contributed by atoms with E-state index in [9.17, 15) is 9.59 Å². The van der Waals surface area contributed by atoms with Crippen molar-refractivity contribution < 1.29 is 14.7 Å². The van der Waals surface area contributed by atoms with Crippen molar-refractivity contribution in [1.29, 1.82) is 0 Å². The van der Waals surface area contributed by atoms with Crippen LogP contribution in [0.3, 0.4) is 0 Å². The number of rotatable bonds is 7. The van der Waals surface area contributed by atoms with Crippen molar-refractivity contribution in [3.05, 3.63) is 0 Å². The maximum atomic E-state index is 11.8. The third kappa shape index (κ3) is 9.33. The molecule has 0 radical (unpaired) electrons. The van der Waals surface area contributed by atoms with Crippen LogP contribution in [0.1, 0.15) is 60.3 Å². The molecule has 0 aliphatic rings. The van der Waals surface area contributed by atoms with E-state index in [0.717, 1.165) is 12.8 Å². The Hall–Kier alpha value is -1.26. The summed E-state index contributed by atoms with van der Waals surface area (Å²) >= 11 is 0. The molecule has 0 aliphatic carbocycles. The molecule has 2 amide bonds. The number of hydrogen-bond donors (Lipinski definition) is 3. The minimum atomic E-state index is -0.892. The Morgan fingerprint density at radius 1 is 1.05 bits per heavy atom. The summed E-state index contributed by atoms with van der Waals surface area (Å²) in [5, 5.41) is 14.5. The SMILES string of the molecule is CCC(CC)NC(=O)NC(CC(=O)O)CC(C)(C)C. The lowest BCUT2D eigenvalue weighted by molar-refractivity contribution is -0.137. The molecule has 0 heterocycles. The molecule has 1 atom stereocenters. The first kappa shape index (κ1) is 17.7. The van der Waals surface area contributed by atoms with Gasteiger partial charge in [0.15, 0.2) is 0 Å². The molecule has 1 unspecified atom stereocenters. The zero-order valence-electron chi connectivity index (χ0n) is 12.7. The number of urea groups is 1. The summed E-state index contributed by atoms with van der Waals surface area (Å²) < 4.78 is 0. The molecule has 5 nitrogen and oxygen atoms in total. The molecule has 0 aromatic rings. The summed E-state index contributed by atoms with van der Waals surface area (Å²) in [5.74, 6) is -0.892. The summed E-state index contributed by atoms with van der Waals surface area (Å²) in [5.41, 5.74) is -0.0255. The Morgan fingerprint density at radius 3 is 1.89 bits per heavy atom. The van der Waals surface area contributed by atoms with Crippen molar-refractivity contribution in [2.45, 2.75) is 72.4 Å². The van der Waals surface area contributed by atoms with Gasteiger partial charge >= 0.3 is 12.0 Å². The van der Waals surface area contributed by atoms with E-state index in [0.29, 0.717) is 6.42 Å². The molecule has 0 spiro atoms.